The van der Waals surface area contributed by atoms with Crippen LogP contribution in [0.2, 0.25) is 0 Å². The number of ether oxygens (including phenoxy) is 1. The summed E-state index contributed by atoms with van der Waals surface area (Å²) in [7, 11) is 1.66. The Bertz CT molecular complexity index is 1460. The van der Waals surface area contributed by atoms with Crippen LogP contribution in [0.25, 0.3) is 0 Å². The molecule has 3 heterocycles. The fraction of sp³-hybridized carbons (Fsp3) is 0.333. The molecule has 0 unspecified atom stereocenters. The molecule has 2 aromatic carbocycles. The number of amides is 2. The predicted molar refractivity (Wildman–Crippen MR) is 151 cm³/mol. The monoisotopic (exact) mass is 537 g/mol. The standard InChI is InChI=1S/C30H31N7O3/c1-3-13-36-15-17-37(18-16-36)14-7-10-23-11-12-26-25(19-23)35(2)30(39)24(21-40-26)31-29(38)28-32-27(33-34-28)20-22-8-5-4-6-9-22/h1,4-6,8-9,11-12,19,24H,13-18,20-21H2,2H3,(H,31,38)(H,32,33,34)/t24-/m0/s1. The topological polar surface area (TPSA) is 107 Å². The quantitative estimate of drug-likeness (QED) is 0.455. The number of carbonyl (C=O) groups excluding carboxylic acids is 2. The van der Waals surface area contributed by atoms with Gasteiger partial charge in [-0.1, -0.05) is 48.1 Å². The van der Waals surface area contributed by atoms with E-state index in [4.69, 9.17) is 11.2 Å². The number of terminal acetylenes is 1. The second-order valence-electron chi connectivity index (χ2n) is 9.74. The van der Waals surface area contributed by atoms with E-state index in [0.717, 1.165) is 37.3 Å². The van der Waals surface area contributed by atoms with Gasteiger partial charge in [-0.3, -0.25) is 24.5 Å². The number of hydrogen-bond acceptors (Lipinski definition) is 7. The number of hydrogen-bond donors (Lipinski definition) is 2. The Balaban J connectivity index is 1.19. The molecule has 2 aliphatic heterocycles. The van der Waals surface area contributed by atoms with Crippen LogP contribution in [0.5, 0.6) is 5.75 Å². The highest BCUT2D eigenvalue weighted by molar-refractivity contribution is 6.02. The molecule has 204 valence electrons. The molecule has 2 N–H and O–H groups in total. The maximum Gasteiger partial charge on any atom is 0.291 e. The highest BCUT2D eigenvalue weighted by Crippen LogP contribution is 2.31. The van der Waals surface area contributed by atoms with E-state index < -0.39 is 11.9 Å². The van der Waals surface area contributed by atoms with Crippen molar-refractivity contribution in [2.24, 2.45) is 0 Å². The minimum absolute atomic E-state index is 0.0140. The lowest BCUT2D eigenvalue weighted by Gasteiger charge is -2.32. The summed E-state index contributed by atoms with van der Waals surface area (Å²) in [5, 5.41) is 9.54. The molecule has 10 heteroatoms. The molecule has 40 heavy (non-hydrogen) atoms. The summed E-state index contributed by atoms with van der Waals surface area (Å²) in [6, 6.07) is 14.4. The van der Waals surface area contributed by atoms with E-state index in [9.17, 15) is 9.59 Å². The van der Waals surface area contributed by atoms with E-state index in [1.165, 1.54) is 4.90 Å². The van der Waals surface area contributed by atoms with E-state index in [1.54, 1.807) is 13.1 Å². The lowest BCUT2D eigenvalue weighted by Crippen LogP contribution is -2.49. The molecule has 1 fully saturated rings. The molecule has 2 amide bonds. The number of H-pyrrole nitrogens is 1. The molecule has 10 nitrogen and oxygen atoms in total. The molecule has 0 aliphatic carbocycles. The SMILES string of the molecule is C#CCN1CCN(CC#Cc2ccc3c(c2)N(C)C(=O)[C@@H](NC(=O)c2n[nH]c(Cc4ccccc4)n2)CO3)CC1. The van der Waals surface area contributed by atoms with Gasteiger partial charge in [-0.25, -0.2) is 4.98 Å². The second kappa shape index (κ2) is 12.5. The third kappa shape index (κ3) is 6.49. The Morgan fingerprint density at radius 3 is 2.62 bits per heavy atom. The Kier molecular flexibility index (Phi) is 8.41. The smallest absolute Gasteiger partial charge is 0.291 e. The number of rotatable bonds is 6. The molecule has 0 bridgehead atoms. The molecule has 2 aliphatic rings. The summed E-state index contributed by atoms with van der Waals surface area (Å²) in [6.45, 7) is 5.08. The van der Waals surface area contributed by atoms with E-state index in [0.29, 0.717) is 36.8 Å². The first kappa shape index (κ1) is 26.9. The van der Waals surface area contributed by atoms with Crippen LogP contribution in [0.15, 0.2) is 48.5 Å². The maximum absolute atomic E-state index is 13.2. The average molecular weight is 538 g/mol. The molecule has 1 saturated heterocycles. The van der Waals surface area contributed by atoms with E-state index in [-0.39, 0.29) is 18.3 Å². The number of benzene rings is 2. The zero-order valence-corrected chi connectivity index (χ0v) is 22.4. The normalized spacial score (nSPS) is 17.6. The van der Waals surface area contributed by atoms with Crippen molar-refractivity contribution < 1.29 is 14.3 Å². The van der Waals surface area contributed by atoms with Crippen molar-refractivity contribution in [3.8, 4) is 29.9 Å². The highest BCUT2D eigenvalue weighted by Gasteiger charge is 2.31. The first-order valence-electron chi connectivity index (χ1n) is 13.2. The number of nitrogens with one attached hydrogen (secondary N) is 2. The number of likely N-dealkylation sites (N-methyl/N-ethyl adjacent to an activating group) is 1. The first-order valence-corrected chi connectivity index (χ1v) is 13.2. The summed E-state index contributed by atoms with van der Waals surface area (Å²) in [5.74, 6) is 9.35. The zero-order valence-electron chi connectivity index (χ0n) is 22.4. The van der Waals surface area contributed by atoms with Crippen molar-refractivity contribution in [2.45, 2.75) is 12.5 Å². The number of aromatic nitrogens is 3. The molecule has 0 spiro atoms. The molecule has 0 saturated carbocycles. The van der Waals surface area contributed by atoms with Gasteiger partial charge in [0.2, 0.25) is 5.82 Å². The van der Waals surface area contributed by atoms with Crippen LogP contribution in [0.4, 0.5) is 5.69 Å². The van der Waals surface area contributed by atoms with Crippen molar-refractivity contribution >= 4 is 17.5 Å². The lowest BCUT2D eigenvalue weighted by atomic mass is 10.1. The summed E-state index contributed by atoms with van der Waals surface area (Å²) < 4.78 is 5.91. The van der Waals surface area contributed by atoms with Crippen LogP contribution in [0, 0.1) is 24.2 Å². The maximum atomic E-state index is 13.2. The first-order chi connectivity index (χ1) is 19.5. The van der Waals surface area contributed by atoms with Gasteiger partial charge in [0.1, 0.15) is 24.2 Å². The van der Waals surface area contributed by atoms with Crippen molar-refractivity contribution in [3.05, 3.63) is 71.3 Å². The van der Waals surface area contributed by atoms with Crippen molar-refractivity contribution in [3.63, 3.8) is 0 Å². The Morgan fingerprint density at radius 2 is 1.88 bits per heavy atom. The van der Waals surface area contributed by atoms with Crippen LogP contribution in [0.1, 0.15) is 27.6 Å². The van der Waals surface area contributed by atoms with Crippen LogP contribution in [0.3, 0.4) is 0 Å². The molecular formula is C30H31N7O3. The Morgan fingerprint density at radius 1 is 1.12 bits per heavy atom. The second-order valence-corrected chi connectivity index (χ2v) is 9.74. The van der Waals surface area contributed by atoms with E-state index in [2.05, 4.69) is 48.1 Å². The van der Waals surface area contributed by atoms with Gasteiger partial charge in [0.25, 0.3) is 11.8 Å². The minimum atomic E-state index is -0.899. The molecule has 1 aromatic heterocycles. The van der Waals surface area contributed by atoms with Gasteiger partial charge in [-0.15, -0.1) is 11.5 Å². The number of nitrogens with zero attached hydrogens (tertiary/aromatic N) is 5. The van der Waals surface area contributed by atoms with Gasteiger partial charge in [0.05, 0.1) is 18.8 Å². The van der Waals surface area contributed by atoms with Gasteiger partial charge in [-0.05, 0) is 23.8 Å². The lowest BCUT2D eigenvalue weighted by molar-refractivity contribution is -0.120. The molecular weight excluding hydrogens is 506 g/mol. The number of carbonyl (C=O) groups is 2. The third-order valence-corrected chi connectivity index (χ3v) is 6.92. The summed E-state index contributed by atoms with van der Waals surface area (Å²) in [4.78, 5) is 36.4. The summed E-state index contributed by atoms with van der Waals surface area (Å²) in [6.07, 6.45) is 5.92. The Labute approximate surface area is 233 Å². The van der Waals surface area contributed by atoms with Gasteiger partial charge < -0.3 is 15.0 Å². The van der Waals surface area contributed by atoms with E-state index in [1.807, 2.05) is 42.5 Å². The zero-order chi connectivity index (χ0) is 27.9. The van der Waals surface area contributed by atoms with Gasteiger partial charge >= 0.3 is 0 Å². The van der Waals surface area contributed by atoms with Crippen molar-refractivity contribution in [2.75, 3.05) is 57.8 Å². The average Bonchev–Trinajstić information content (AvgIpc) is 3.41. The van der Waals surface area contributed by atoms with Crippen LogP contribution >= 0.6 is 0 Å². The van der Waals surface area contributed by atoms with Gasteiger partial charge in [-0.2, -0.15) is 0 Å². The van der Waals surface area contributed by atoms with Crippen LogP contribution < -0.4 is 15.0 Å². The van der Waals surface area contributed by atoms with Crippen molar-refractivity contribution in [1.82, 2.24) is 30.3 Å². The van der Waals surface area contributed by atoms with Crippen LogP contribution in [-0.4, -0.2) is 95.8 Å². The molecule has 5 rings (SSSR count). The minimum Gasteiger partial charge on any atom is -0.489 e. The van der Waals surface area contributed by atoms with Gasteiger partial charge in [0, 0.05) is 45.2 Å². The van der Waals surface area contributed by atoms with E-state index >= 15 is 0 Å². The fourth-order valence-corrected chi connectivity index (χ4v) is 4.66. The highest BCUT2D eigenvalue weighted by atomic mass is 16.5. The van der Waals surface area contributed by atoms with Gasteiger partial charge in [0.15, 0.2) is 0 Å². The number of piperazine rings is 1. The summed E-state index contributed by atoms with van der Waals surface area (Å²) >= 11 is 0. The Hall–Kier alpha value is -4.64. The van der Waals surface area contributed by atoms with Crippen molar-refractivity contribution in [1.29, 1.82) is 0 Å². The fourth-order valence-electron chi connectivity index (χ4n) is 4.66. The molecule has 3 aromatic rings. The largest absolute Gasteiger partial charge is 0.489 e. The number of aromatic amines is 1. The number of anilines is 1. The summed E-state index contributed by atoms with van der Waals surface area (Å²) in [5.41, 5.74) is 2.42. The number of fused-ring (bicyclic) bond motifs is 1. The predicted octanol–water partition coefficient (Wildman–Crippen LogP) is 1.15. The van der Waals surface area contributed by atoms with Crippen LogP contribution in [-0.2, 0) is 11.2 Å². The third-order valence-electron chi connectivity index (χ3n) is 6.92. The molecule has 0 radical (unpaired) electrons. The molecule has 1 atom stereocenters.